The number of thiazole rings is 1. The summed E-state index contributed by atoms with van der Waals surface area (Å²) in [5.74, 6) is 0. The fourth-order valence-electron chi connectivity index (χ4n) is 0.848. The lowest BCUT2D eigenvalue weighted by molar-refractivity contribution is 1.43. The van der Waals surface area contributed by atoms with Gasteiger partial charge in [0.1, 0.15) is 0 Å². The minimum Gasteiger partial charge on any atom is -0.375 e. The Morgan fingerprint density at radius 1 is 1.25 bits per heavy atom. The maximum Gasteiger partial charge on any atom is 0.180 e. The minimum absolute atomic E-state index is 0.592. The van der Waals surface area contributed by atoms with Crippen LogP contribution in [-0.2, 0) is 0 Å². The van der Waals surface area contributed by atoms with E-state index in [0.29, 0.717) is 5.13 Å². The van der Waals surface area contributed by atoms with Crippen molar-refractivity contribution in [3.63, 3.8) is 0 Å². The van der Waals surface area contributed by atoms with Gasteiger partial charge in [0.25, 0.3) is 0 Å². The number of thiophene rings is 1. The van der Waals surface area contributed by atoms with Crippen molar-refractivity contribution in [1.29, 1.82) is 0 Å². The van der Waals surface area contributed by atoms with Gasteiger partial charge in [-0.1, -0.05) is 22.9 Å². The van der Waals surface area contributed by atoms with Crippen molar-refractivity contribution in [2.75, 3.05) is 5.73 Å². The summed E-state index contributed by atoms with van der Waals surface area (Å²) in [5.41, 5.74) is 5.50. The predicted octanol–water partition coefficient (Wildman–Crippen LogP) is 3.11. The van der Waals surface area contributed by atoms with Crippen molar-refractivity contribution >= 4 is 39.4 Å². The average Bonchev–Trinajstić information content (AvgIpc) is 2.58. The van der Waals surface area contributed by atoms with E-state index in [1.165, 1.54) is 22.7 Å². The highest BCUT2D eigenvalue weighted by molar-refractivity contribution is 7.25. The summed E-state index contributed by atoms with van der Waals surface area (Å²) in [6, 6.07) is 3.84. The molecule has 0 radical (unpaired) electrons. The van der Waals surface area contributed by atoms with E-state index in [0.717, 1.165) is 14.1 Å². The standard InChI is InChI=1S/C7H5ClN2S2/c8-6-2-1-4(11-6)5-3-10-7(9)12-5/h1-3H,(H2,9,10). The molecule has 12 heavy (non-hydrogen) atoms. The second-order valence-electron chi connectivity index (χ2n) is 2.17. The van der Waals surface area contributed by atoms with Gasteiger partial charge in [-0.3, -0.25) is 0 Å². The molecule has 2 rings (SSSR count). The van der Waals surface area contributed by atoms with Crippen molar-refractivity contribution < 1.29 is 0 Å². The zero-order valence-electron chi connectivity index (χ0n) is 5.95. The van der Waals surface area contributed by atoms with Gasteiger partial charge >= 0.3 is 0 Å². The maximum atomic E-state index is 5.79. The lowest BCUT2D eigenvalue weighted by Gasteiger charge is -1.84. The van der Waals surface area contributed by atoms with E-state index in [2.05, 4.69) is 4.98 Å². The molecule has 0 fully saturated rings. The Hall–Kier alpha value is -0.580. The van der Waals surface area contributed by atoms with Gasteiger partial charge < -0.3 is 5.73 Å². The largest absolute Gasteiger partial charge is 0.375 e. The molecule has 0 unspecified atom stereocenters. The van der Waals surface area contributed by atoms with E-state index in [1.807, 2.05) is 12.1 Å². The summed E-state index contributed by atoms with van der Waals surface area (Å²) >= 11 is 8.80. The van der Waals surface area contributed by atoms with Crippen molar-refractivity contribution in [2.24, 2.45) is 0 Å². The maximum absolute atomic E-state index is 5.79. The van der Waals surface area contributed by atoms with Crippen LogP contribution < -0.4 is 5.73 Å². The lowest BCUT2D eigenvalue weighted by atomic mass is 10.4. The molecule has 0 aromatic carbocycles. The molecule has 0 saturated carbocycles. The summed E-state index contributed by atoms with van der Waals surface area (Å²) in [7, 11) is 0. The smallest absolute Gasteiger partial charge is 0.180 e. The molecule has 2 heterocycles. The van der Waals surface area contributed by atoms with E-state index in [9.17, 15) is 0 Å². The van der Waals surface area contributed by atoms with Crippen molar-refractivity contribution in [3.05, 3.63) is 22.7 Å². The number of nitrogen functional groups attached to an aromatic ring is 1. The molecule has 0 aliphatic heterocycles. The monoisotopic (exact) mass is 216 g/mol. The average molecular weight is 217 g/mol. The van der Waals surface area contributed by atoms with Crippen LogP contribution in [0.5, 0.6) is 0 Å². The van der Waals surface area contributed by atoms with Gasteiger partial charge in [-0.25, -0.2) is 4.98 Å². The van der Waals surface area contributed by atoms with E-state index >= 15 is 0 Å². The Balaban J connectivity index is 2.43. The number of hydrogen-bond acceptors (Lipinski definition) is 4. The van der Waals surface area contributed by atoms with Crippen LogP contribution in [0.15, 0.2) is 18.3 Å². The van der Waals surface area contributed by atoms with Crippen molar-refractivity contribution in [1.82, 2.24) is 4.98 Å². The van der Waals surface area contributed by atoms with Crippen LogP contribution in [0.1, 0.15) is 0 Å². The fraction of sp³-hybridized carbons (Fsp3) is 0. The van der Waals surface area contributed by atoms with Gasteiger partial charge in [-0.2, -0.15) is 0 Å². The first-order valence-corrected chi connectivity index (χ1v) is 5.24. The number of hydrogen-bond donors (Lipinski definition) is 1. The molecular formula is C7H5ClN2S2. The van der Waals surface area contributed by atoms with Crippen LogP contribution in [-0.4, -0.2) is 4.98 Å². The molecule has 2 nitrogen and oxygen atoms in total. The molecule has 0 amide bonds. The summed E-state index contributed by atoms with van der Waals surface area (Å²) in [5, 5.41) is 0.592. The molecule has 0 atom stereocenters. The van der Waals surface area contributed by atoms with Crippen molar-refractivity contribution in [3.8, 4) is 9.75 Å². The summed E-state index contributed by atoms with van der Waals surface area (Å²) in [6.45, 7) is 0. The molecule has 62 valence electrons. The molecule has 0 saturated heterocycles. The van der Waals surface area contributed by atoms with Gasteiger partial charge in [-0.15, -0.1) is 11.3 Å². The molecule has 0 aliphatic carbocycles. The molecule has 2 aromatic rings. The quantitative estimate of drug-likeness (QED) is 0.796. The normalized spacial score (nSPS) is 10.4. The SMILES string of the molecule is Nc1ncc(-c2ccc(Cl)s2)s1. The third-order valence-electron chi connectivity index (χ3n) is 1.34. The van der Waals surface area contributed by atoms with E-state index in [-0.39, 0.29) is 0 Å². The van der Waals surface area contributed by atoms with E-state index in [4.69, 9.17) is 17.3 Å². The van der Waals surface area contributed by atoms with Crippen molar-refractivity contribution in [2.45, 2.75) is 0 Å². The second-order valence-corrected chi connectivity index (χ2v) is 4.94. The molecular weight excluding hydrogens is 212 g/mol. The Bertz CT molecular complexity index is 355. The summed E-state index contributed by atoms with van der Waals surface area (Å²) in [6.07, 6.45) is 1.77. The van der Waals surface area contributed by atoms with Crippen LogP contribution in [0.25, 0.3) is 9.75 Å². The van der Waals surface area contributed by atoms with Crippen LogP contribution in [0, 0.1) is 0 Å². The zero-order chi connectivity index (χ0) is 8.55. The second kappa shape index (κ2) is 3.05. The van der Waals surface area contributed by atoms with Crippen LogP contribution in [0.2, 0.25) is 4.34 Å². The van der Waals surface area contributed by atoms with Crippen LogP contribution in [0.3, 0.4) is 0 Å². The van der Waals surface area contributed by atoms with Gasteiger partial charge in [-0.05, 0) is 12.1 Å². The molecule has 2 aromatic heterocycles. The molecule has 5 heteroatoms. The molecule has 0 spiro atoms. The third kappa shape index (κ3) is 1.46. The van der Waals surface area contributed by atoms with Gasteiger partial charge in [0.05, 0.1) is 9.21 Å². The Kier molecular flexibility index (Phi) is 2.04. The highest BCUT2D eigenvalue weighted by atomic mass is 35.5. The number of nitrogens with zero attached hydrogens (tertiary/aromatic N) is 1. The fourth-order valence-corrected chi connectivity index (χ4v) is 2.65. The molecule has 0 bridgehead atoms. The Morgan fingerprint density at radius 2 is 2.08 bits per heavy atom. The molecule has 0 aliphatic rings. The highest BCUT2D eigenvalue weighted by Crippen LogP contribution is 2.34. The van der Waals surface area contributed by atoms with E-state index in [1.54, 1.807) is 6.20 Å². The first-order valence-electron chi connectivity index (χ1n) is 3.23. The highest BCUT2D eigenvalue weighted by Gasteiger charge is 2.04. The first-order chi connectivity index (χ1) is 5.75. The van der Waals surface area contributed by atoms with Gasteiger partial charge in [0, 0.05) is 11.1 Å². The first kappa shape index (κ1) is 8.04. The van der Waals surface area contributed by atoms with Gasteiger partial charge in [0.2, 0.25) is 0 Å². The zero-order valence-corrected chi connectivity index (χ0v) is 8.34. The Morgan fingerprint density at radius 3 is 2.58 bits per heavy atom. The minimum atomic E-state index is 0.592. The number of anilines is 1. The summed E-state index contributed by atoms with van der Waals surface area (Å²) < 4.78 is 0.789. The third-order valence-corrected chi connectivity index (χ3v) is 3.59. The Labute approximate surface area is 82.6 Å². The predicted molar refractivity (Wildman–Crippen MR) is 54.8 cm³/mol. The number of aromatic nitrogens is 1. The summed E-state index contributed by atoms with van der Waals surface area (Å²) in [4.78, 5) is 6.16. The van der Waals surface area contributed by atoms with Gasteiger partial charge in [0.15, 0.2) is 5.13 Å². The van der Waals surface area contributed by atoms with Crippen LogP contribution >= 0.6 is 34.3 Å². The molecule has 2 N–H and O–H groups in total. The van der Waals surface area contributed by atoms with Crippen LogP contribution in [0.4, 0.5) is 5.13 Å². The number of rotatable bonds is 1. The lowest BCUT2D eigenvalue weighted by Crippen LogP contribution is -1.77. The number of halogens is 1. The number of nitrogens with two attached hydrogens (primary N) is 1. The topological polar surface area (TPSA) is 38.9 Å². The van der Waals surface area contributed by atoms with E-state index < -0.39 is 0 Å².